The molecule has 0 aliphatic rings. The summed E-state index contributed by atoms with van der Waals surface area (Å²) in [6.45, 7) is 4.80. The first-order chi connectivity index (χ1) is 18.3. The van der Waals surface area contributed by atoms with Crippen molar-refractivity contribution in [1.29, 1.82) is 0 Å². The number of carbonyl (C=O) groups is 2. The maximum absolute atomic E-state index is 13.4. The van der Waals surface area contributed by atoms with Crippen LogP contribution in [-0.2, 0) is 26.0 Å². The first kappa shape index (κ1) is 32.7. The number of amides is 2. The predicted octanol–water partition coefficient (Wildman–Crippen LogP) is 3.52. The third-order valence-corrected chi connectivity index (χ3v) is 9.38. The van der Waals surface area contributed by atoms with Gasteiger partial charge in [0.1, 0.15) is 0 Å². The second-order valence-electron chi connectivity index (χ2n) is 9.69. The number of halogens is 1. The number of aliphatic hydroxyl groups is 1. The van der Waals surface area contributed by atoms with Crippen LogP contribution >= 0.6 is 15.9 Å². The highest BCUT2D eigenvalue weighted by atomic mass is 79.9. The van der Waals surface area contributed by atoms with Crippen LogP contribution in [0, 0.1) is 0 Å². The standard InChI is InChI=1S/C27H39BrN4O6S/c1-18(2)32(39(36,37)23-14-12-21(29)13-15-23)22(17-33)10-7-8-19(3)31(27(35)38-4)26(34)25(30)16-20-9-5-6-11-24(20)28/h5-6,9,11-15,18-19,22,25,33H,7-8,10,16-17,29-30H2,1-4H3/t19-,22-,25-/m0/s1. The Hall–Kier alpha value is -2.51. The molecule has 0 bridgehead atoms. The molecule has 0 aliphatic carbocycles. The number of anilines is 1. The Labute approximate surface area is 239 Å². The largest absolute Gasteiger partial charge is 0.452 e. The number of nitrogens with zero attached hydrogens (tertiary/aromatic N) is 2. The van der Waals surface area contributed by atoms with E-state index in [2.05, 4.69) is 15.9 Å². The van der Waals surface area contributed by atoms with Crippen LogP contribution in [-0.4, -0.2) is 72.6 Å². The zero-order valence-electron chi connectivity index (χ0n) is 22.8. The van der Waals surface area contributed by atoms with Crippen molar-refractivity contribution >= 4 is 43.6 Å². The van der Waals surface area contributed by atoms with E-state index in [0.717, 1.165) is 14.9 Å². The molecule has 12 heteroatoms. The van der Waals surface area contributed by atoms with Gasteiger partial charge >= 0.3 is 6.09 Å². The van der Waals surface area contributed by atoms with E-state index in [-0.39, 0.29) is 11.3 Å². The summed E-state index contributed by atoms with van der Waals surface area (Å²) in [5, 5.41) is 10.1. The minimum Gasteiger partial charge on any atom is -0.452 e. The number of nitrogens with two attached hydrogens (primary N) is 2. The zero-order valence-corrected chi connectivity index (χ0v) is 25.2. The van der Waals surface area contributed by atoms with Gasteiger partial charge in [-0.15, -0.1) is 0 Å². The molecule has 3 atom stereocenters. The van der Waals surface area contributed by atoms with Crippen LogP contribution in [0.1, 0.15) is 45.6 Å². The van der Waals surface area contributed by atoms with E-state index in [0.29, 0.717) is 24.9 Å². The molecule has 10 nitrogen and oxygen atoms in total. The number of hydrogen-bond acceptors (Lipinski definition) is 8. The van der Waals surface area contributed by atoms with Crippen molar-refractivity contribution in [3.8, 4) is 0 Å². The molecule has 0 fully saturated rings. The number of benzene rings is 2. The van der Waals surface area contributed by atoms with Crippen LogP contribution in [0.4, 0.5) is 10.5 Å². The molecule has 39 heavy (non-hydrogen) atoms. The fourth-order valence-electron chi connectivity index (χ4n) is 4.49. The second kappa shape index (κ2) is 14.8. The van der Waals surface area contributed by atoms with E-state index in [9.17, 15) is 23.1 Å². The van der Waals surface area contributed by atoms with Gasteiger partial charge in [-0.2, -0.15) is 4.31 Å². The third-order valence-electron chi connectivity index (χ3n) is 6.46. The number of hydrogen-bond donors (Lipinski definition) is 3. The highest BCUT2D eigenvalue weighted by Crippen LogP contribution is 2.25. The number of aliphatic hydroxyl groups excluding tert-OH is 1. The lowest BCUT2D eigenvalue weighted by molar-refractivity contribution is -0.132. The third kappa shape index (κ3) is 8.49. The second-order valence-corrected chi connectivity index (χ2v) is 12.4. The van der Waals surface area contributed by atoms with Crippen LogP contribution < -0.4 is 11.5 Å². The molecule has 0 aliphatic heterocycles. The van der Waals surface area contributed by atoms with Gasteiger partial charge in [-0.3, -0.25) is 4.79 Å². The normalized spacial score (nSPS) is 14.2. The summed E-state index contributed by atoms with van der Waals surface area (Å²) in [5.74, 6) is -0.571. The minimum absolute atomic E-state index is 0.0821. The molecular weight excluding hydrogens is 588 g/mol. The molecular formula is C27H39BrN4O6S. The summed E-state index contributed by atoms with van der Waals surface area (Å²) >= 11 is 3.45. The molecule has 5 N–H and O–H groups in total. The highest BCUT2D eigenvalue weighted by Gasteiger charge is 2.35. The van der Waals surface area contributed by atoms with E-state index in [4.69, 9.17) is 16.2 Å². The predicted molar refractivity (Wildman–Crippen MR) is 154 cm³/mol. The molecule has 0 heterocycles. The molecule has 2 aromatic carbocycles. The lowest BCUT2D eigenvalue weighted by Gasteiger charge is -2.34. The Morgan fingerprint density at radius 2 is 1.67 bits per heavy atom. The topological polar surface area (TPSA) is 156 Å². The Morgan fingerprint density at radius 1 is 1.05 bits per heavy atom. The highest BCUT2D eigenvalue weighted by molar-refractivity contribution is 9.10. The lowest BCUT2D eigenvalue weighted by Crippen LogP contribution is -2.51. The van der Waals surface area contributed by atoms with Crippen LogP contribution in [0.3, 0.4) is 0 Å². The van der Waals surface area contributed by atoms with E-state index in [1.165, 1.54) is 35.7 Å². The number of rotatable bonds is 13. The van der Waals surface area contributed by atoms with E-state index < -0.39 is 52.8 Å². The van der Waals surface area contributed by atoms with Gasteiger partial charge in [-0.05, 0) is 82.3 Å². The smallest absolute Gasteiger partial charge is 0.416 e. The monoisotopic (exact) mass is 626 g/mol. The van der Waals surface area contributed by atoms with Crippen LogP contribution in [0.2, 0.25) is 0 Å². The first-order valence-corrected chi connectivity index (χ1v) is 15.0. The first-order valence-electron chi connectivity index (χ1n) is 12.7. The maximum atomic E-state index is 13.4. The quantitative estimate of drug-likeness (QED) is 0.285. The average molecular weight is 628 g/mol. The van der Waals surface area contributed by atoms with E-state index in [1.54, 1.807) is 20.8 Å². The number of imide groups is 1. The number of sulfonamides is 1. The van der Waals surface area contributed by atoms with Gasteiger partial charge in [0.25, 0.3) is 0 Å². The summed E-state index contributed by atoms with van der Waals surface area (Å²) < 4.78 is 33.8. The summed E-state index contributed by atoms with van der Waals surface area (Å²) in [6, 6.07) is 10.6. The molecule has 0 saturated heterocycles. The number of methoxy groups -OCH3 is 1. The van der Waals surface area contributed by atoms with Gasteiger partial charge in [-0.25, -0.2) is 18.1 Å². The van der Waals surface area contributed by atoms with Gasteiger partial charge < -0.3 is 21.3 Å². The van der Waals surface area contributed by atoms with Crippen LogP contribution in [0.5, 0.6) is 0 Å². The number of carbonyl (C=O) groups excluding carboxylic acids is 2. The Balaban J connectivity index is 2.14. The summed E-state index contributed by atoms with van der Waals surface area (Å²) in [7, 11) is -2.72. The van der Waals surface area contributed by atoms with E-state index >= 15 is 0 Å². The van der Waals surface area contributed by atoms with Crippen LogP contribution in [0.25, 0.3) is 0 Å². The molecule has 216 valence electrons. The molecule has 0 unspecified atom stereocenters. The average Bonchev–Trinajstić information content (AvgIpc) is 2.89. The molecule has 0 radical (unpaired) electrons. The molecule has 0 aromatic heterocycles. The van der Waals surface area contributed by atoms with Crippen molar-refractivity contribution in [1.82, 2.24) is 9.21 Å². The van der Waals surface area contributed by atoms with Crippen molar-refractivity contribution in [2.75, 3.05) is 19.5 Å². The SMILES string of the molecule is COC(=O)N(C(=O)[C@@H](N)Cc1ccccc1Br)[C@@H](C)CCC[C@@H](CO)N(C(C)C)S(=O)(=O)c1ccc(N)cc1. The summed E-state index contributed by atoms with van der Waals surface area (Å²) in [4.78, 5) is 26.9. The van der Waals surface area contributed by atoms with Gasteiger partial charge in [0, 0.05) is 28.3 Å². The van der Waals surface area contributed by atoms with Crippen molar-refractivity contribution in [3.63, 3.8) is 0 Å². The van der Waals surface area contributed by atoms with Crippen molar-refractivity contribution in [2.45, 2.75) is 75.5 Å². The summed E-state index contributed by atoms with van der Waals surface area (Å²) in [5.41, 5.74) is 13.2. The molecule has 0 spiro atoms. The minimum atomic E-state index is -3.91. The number of ether oxygens (including phenoxy) is 1. The fraction of sp³-hybridized carbons (Fsp3) is 0.481. The van der Waals surface area contributed by atoms with Crippen LogP contribution in [0.15, 0.2) is 57.9 Å². The van der Waals surface area contributed by atoms with Gasteiger partial charge in [0.15, 0.2) is 0 Å². The molecule has 2 amide bonds. The fourth-order valence-corrected chi connectivity index (χ4v) is 6.78. The lowest BCUT2D eigenvalue weighted by atomic mass is 10.0. The number of nitrogen functional groups attached to an aromatic ring is 1. The van der Waals surface area contributed by atoms with Gasteiger partial charge in [-0.1, -0.05) is 34.1 Å². The Kier molecular flexibility index (Phi) is 12.4. The Morgan fingerprint density at radius 3 is 2.21 bits per heavy atom. The Bertz CT molecular complexity index is 1210. The van der Waals surface area contributed by atoms with Gasteiger partial charge in [0.05, 0.1) is 24.7 Å². The summed E-state index contributed by atoms with van der Waals surface area (Å²) in [6.07, 6.45) is 0.488. The van der Waals surface area contributed by atoms with Gasteiger partial charge in [0.2, 0.25) is 15.9 Å². The molecule has 0 saturated carbocycles. The van der Waals surface area contributed by atoms with E-state index in [1.807, 2.05) is 24.3 Å². The molecule has 2 rings (SSSR count). The van der Waals surface area contributed by atoms with Crippen molar-refractivity contribution in [2.24, 2.45) is 5.73 Å². The molecule has 2 aromatic rings. The maximum Gasteiger partial charge on any atom is 0.416 e. The van der Waals surface area contributed by atoms with Crippen molar-refractivity contribution < 1.29 is 27.9 Å². The van der Waals surface area contributed by atoms with Crippen molar-refractivity contribution in [3.05, 3.63) is 58.6 Å². The zero-order chi connectivity index (χ0) is 29.3.